The van der Waals surface area contributed by atoms with E-state index in [-0.39, 0.29) is 17.8 Å². The number of fused-ring (bicyclic) bond motifs is 1. The standard InChI is InChI=1S/C16H15BrFNO/c1-20-15-8-14(18)13(17)7-12(15)16(19)11-6-9-4-2-3-5-10(9)11/h2-5,7-8,11,16H,6,19H2,1H3. The van der Waals surface area contributed by atoms with Crippen molar-refractivity contribution in [2.75, 3.05) is 7.11 Å². The highest BCUT2D eigenvalue weighted by Gasteiger charge is 2.33. The topological polar surface area (TPSA) is 35.2 Å². The molecule has 0 saturated carbocycles. The molecule has 0 fully saturated rings. The minimum atomic E-state index is -0.341. The second kappa shape index (κ2) is 5.19. The van der Waals surface area contributed by atoms with Crippen LogP contribution < -0.4 is 10.5 Å². The van der Waals surface area contributed by atoms with Crippen molar-refractivity contribution < 1.29 is 9.13 Å². The van der Waals surface area contributed by atoms with Crippen molar-refractivity contribution in [3.8, 4) is 5.75 Å². The zero-order valence-electron chi connectivity index (χ0n) is 11.1. The third kappa shape index (κ3) is 2.13. The SMILES string of the molecule is COc1cc(F)c(Br)cc1C(N)C1Cc2ccccc21. The molecule has 104 valence electrons. The Morgan fingerprint density at radius 3 is 2.80 bits per heavy atom. The fraction of sp³-hybridized carbons (Fsp3) is 0.250. The molecule has 0 radical (unpaired) electrons. The molecule has 0 amide bonds. The van der Waals surface area contributed by atoms with E-state index in [2.05, 4.69) is 28.1 Å². The zero-order valence-corrected chi connectivity index (χ0v) is 12.7. The molecule has 2 aromatic carbocycles. The number of hydrogen-bond donors (Lipinski definition) is 1. The summed E-state index contributed by atoms with van der Waals surface area (Å²) in [5, 5.41) is 0. The second-order valence-corrected chi connectivity index (χ2v) is 5.90. The van der Waals surface area contributed by atoms with Gasteiger partial charge in [-0.3, -0.25) is 0 Å². The Balaban J connectivity index is 1.96. The van der Waals surface area contributed by atoms with Crippen LogP contribution in [0.5, 0.6) is 5.75 Å². The second-order valence-electron chi connectivity index (χ2n) is 5.04. The number of benzene rings is 2. The molecule has 0 bridgehead atoms. The average molecular weight is 336 g/mol. The highest BCUT2D eigenvalue weighted by Crippen LogP contribution is 2.44. The van der Waals surface area contributed by atoms with Crippen molar-refractivity contribution in [2.24, 2.45) is 5.73 Å². The van der Waals surface area contributed by atoms with Gasteiger partial charge in [0.1, 0.15) is 11.6 Å². The number of rotatable bonds is 3. The monoisotopic (exact) mass is 335 g/mol. The smallest absolute Gasteiger partial charge is 0.141 e. The summed E-state index contributed by atoms with van der Waals surface area (Å²) in [4.78, 5) is 0. The molecule has 2 atom stereocenters. The van der Waals surface area contributed by atoms with Crippen LogP contribution in [-0.2, 0) is 6.42 Å². The Morgan fingerprint density at radius 1 is 1.35 bits per heavy atom. The van der Waals surface area contributed by atoms with Crippen LogP contribution in [-0.4, -0.2) is 7.11 Å². The molecule has 0 aromatic heterocycles. The molecule has 0 heterocycles. The first-order valence-corrected chi connectivity index (χ1v) is 7.27. The van der Waals surface area contributed by atoms with E-state index < -0.39 is 0 Å². The zero-order chi connectivity index (χ0) is 14.3. The number of methoxy groups -OCH3 is 1. The summed E-state index contributed by atoms with van der Waals surface area (Å²) in [5.74, 6) is 0.423. The van der Waals surface area contributed by atoms with Gasteiger partial charge in [0.15, 0.2) is 0 Å². The third-order valence-electron chi connectivity index (χ3n) is 3.96. The van der Waals surface area contributed by atoms with Crippen molar-refractivity contribution in [1.82, 2.24) is 0 Å². The molecule has 0 spiro atoms. The van der Waals surface area contributed by atoms with E-state index in [1.165, 1.54) is 24.3 Å². The number of hydrogen-bond acceptors (Lipinski definition) is 2. The van der Waals surface area contributed by atoms with Crippen LogP contribution in [0.4, 0.5) is 4.39 Å². The van der Waals surface area contributed by atoms with Gasteiger partial charge in [-0.05, 0) is 39.5 Å². The van der Waals surface area contributed by atoms with Gasteiger partial charge < -0.3 is 10.5 Å². The molecule has 0 saturated heterocycles. The first kappa shape index (κ1) is 13.6. The van der Waals surface area contributed by atoms with E-state index in [4.69, 9.17) is 10.5 Å². The molecule has 20 heavy (non-hydrogen) atoms. The minimum absolute atomic E-state index is 0.197. The molecule has 1 aliphatic rings. The fourth-order valence-electron chi connectivity index (χ4n) is 2.82. The highest BCUT2D eigenvalue weighted by atomic mass is 79.9. The first-order chi connectivity index (χ1) is 9.61. The fourth-order valence-corrected chi connectivity index (χ4v) is 3.18. The quantitative estimate of drug-likeness (QED) is 0.922. The number of halogens is 2. The Hall–Kier alpha value is -1.39. The van der Waals surface area contributed by atoms with E-state index in [0.29, 0.717) is 10.2 Å². The molecule has 0 aliphatic heterocycles. The van der Waals surface area contributed by atoms with Crippen molar-refractivity contribution in [2.45, 2.75) is 18.4 Å². The maximum atomic E-state index is 13.6. The van der Waals surface area contributed by atoms with E-state index in [0.717, 1.165) is 12.0 Å². The Morgan fingerprint density at radius 2 is 2.10 bits per heavy atom. The average Bonchev–Trinajstić information content (AvgIpc) is 2.42. The predicted octanol–water partition coefficient (Wildman–Crippen LogP) is 3.94. The molecule has 4 heteroatoms. The predicted molar refractivity (Wildman–Crippen MR) is 80.5 cm³/mol. The molecule has 2 nitrogen and oxygen atoms in total. The normalized spacial score (nSPS) is 18.1. The van der Waals surface area contributed by atoms with E-state index in [9.17, 15) is 4.39 Å². The molecular weight excluding hydrogens is 321 g/mol. The van der Waals surface area contributed by atoms with E-state index >= 15 is 0 Å². The number of ether oxygens (including phenoxy) is 1. The van der Waals surface area contributed by atoms with Crippen LogP contribution in [0.2, 0.25) is 0 Å². The highest BCUT2D eigenvalue weighted by molar-refractivity contribution is 9.10. The van der Waals surface area contributed by atoms with Crippen LogP contribution in [0, 0.1) is 5.82 Å². The summed E-state index contributed by atoms with van der Waals surface area (Å²) < 4.78 is 19.3. The summed E-state index contributed by atoms with van der Waals surface area (Å²) in [5.41, 5.74) is 9.84. The lowest BCUT2D eigenvalue weighted by Gasteiger charge is -2.35. The Kier molecular flexibility index (Phi) is 3.52. The molecule has 2 N–H and O–H groups in total. The Labute approximate surface area is 125 Å². The molecule has 1 aliphatic carbocycles. The molecule has 2 aromatic rings. The van der Waals surface area contributed by atoms with Gasteiger partial charge in [-0.1, -0.05) is 24.3 Å². The van der Waals surface area contributed by atoms with Gasteiger partial charge in [0.2, 0.25) is 0 Å². The van der Waals surface area contributed by atoms with Crippen molar-refractivity contribution in [3.05, 3.63) is 63.4 Å². The molecular formula is C16H15BrFNO. The largest absolute Gasteiger partial charge is 0.496 e. The summed E-state index contributed by atoms with van der Waals surface area (Å²) in [6.07, 6.45) is 0.954. The van der Waals surface area contributed by atoms with Gasteiger partial charge >= 0.3 is 0 Å². The van der Waals surface area contributed by atoms with Crippen LogP contribution in [0.25, 0.3) is 0 Å². The van der Waals surface area contributed by atoms with Gasteiger partial charge in [0.05, 0.1) is 11.6 Å². The summed E-state index contributed by atoms with van der Waals surface area (Å²) >= 11 is 3.21. The van der Waals surface area contributed by atoms with Gasteiger partial charge in [0.25, 0.3) is 0 Å². The van der Waals surface area contributed by atoms with Gasteiger partial charge in [-0.2, -0.15) is 0 Å². The van der Waals surface area contributed by atoms with Crippen molar-refractivity contribution in [3.63, 3.8) is 0 Å². The summed E-state index contributed by atoms with van der Waals surface area (Å²) in [6, 6.07) is 11.2. The van der Waals surface area contributed by atoms with Crippen LogP contribution >= 0.6 is 15.9 Å². The summed E-state index contributed by atoms with van der Waals surface area (Å²) in [7, 11) is 1.54. The first-order valence-electron chi connectivity index (χ1n) is 6.48. The Bertz CT molecular complexity index is 659. The maximum absolute atomic E-state index is 13.6. The van der Waals surface area contributed by atoms with Crippen molar-refractivity contribution >= 4 is 15.9 Å². The van der Waals surface area contributed by atoms with E-state index in [1.54, 1.807) is 6.07 Å². The number of nitrogens with two attached hydrogens (primary N) is 1. The van der Waals surface area contributed by atoms with Crippen LogP contribution in [0.1, 0.15) is 28.7 Å². The minimum Gasteiger partial charge on any atom is -0.496 e. The maximum Gasteiger partial charge on any atom is 0.141 e. The lowest BCUT2D eigenvalue weighted by atomic mass is 9.72. The van der Waals surface area contributed by atoms with Gasteiger partial charge in [-0.15, -0.1) is 0 Å². The van der Waals surface area contributed by atoms with Crippen LogP contribution in [0.3, 0.4) is 0 Å². The van der Waals surface area contributed by atoms with Crippen LogP contribution in [0.15, 0.2) is 40.9 Å². The lowest BCUT2D eigenvalue weighted by molar-refractivity contribution is 0.392. The molecule has 2 unspecified atom stereocenters. The van der Waals surface area contributed by atoms with Gasteiger partial charge in [-0.25, -0.2) is 4.39 Å². The lowest BCUT2D eigenvalue weighted by Crippen LogP contribution is -2.29. The molecule has 3 rings (SSSR count). The summed E-state index contributed by atoms with van der Waals surface area (Å²) in [6.45, 7) is 0. The van der Waals surface area contributed by atoms with E-state index in [1.807, 2.05) is 12.1 Å². The van der Waals surface area contributed by atoms with Crippen molar-refractivity contribution in [1.29, 1.82) is 0 Å². The third-order valence-corrected chi connectivity index (χ3v) is 4.57. The van der Waals surface area contributed by atoms with Gasteiger partial charge in [0, 0.05) is 23.6 Å².